The molecule has 2 aromatic heterocycles. The molecule has 0 atom stereocenters. The molecule has 0 saturated heterocycles. The first-order valence-electron chi connectivity index (χ1n) is 7.07. The Morgan fingerprint density at radius 2 is 2.21 bits per heavy atom. The van der Waals surface area contributed by atoms with Crippen molar-refractivity contribution in [3.05, 3.63) is 42.2 Å². The van der Waals surface area contributed by atoms with Gasteiger partial charge in [-0.25, -0.2) is 4.98 Å². The van der Waals surface area contributed by atoms with E-state index >= 15 is 0 Å². The Bertz CT molecular complexity index is 543. The fourth-order valence-corrected chi connectivity index (χ4v) is 2.23. The second-order valence-corrected chi connectivity index (χ2v) is 5.12. The van der Waals surface area contributed by atoms with Crippen molar-refractivity contribution in [2.24, 2.45) is 0 Å². The highest BCUT2D eigenvalue weighted by Crippen LogP contribution is 2.19. The molecule has 0 aliphatic heterocycles. The van der Waals surface area contributed by atoms with Crippen LogP contribution in [0.3, 0.4) is 0 Å². The van der Waals surface area contributed by atoms with E-state index in [1.807, 2.05) is 24.7 Å². The van der Waals surface area contributed by atoms with Gasteiger partial charge in [-0.1, -0.05) is 6.92 Å². The van der Waals surface area contributed by atoms with Crippen molar-refractivity contribution in [3.63, 3.8) is 0 Å². The van der Waals surface area contributed by atoms with Crippen LogP contribution < -0.4 is 5.32 Å². The van der Waals surface area contributed by atoms with Gasteiger partial charge in [0.25, 0.3) is 0 Å². The highest BCUT2D eigenvalue weighted by molar-refractivity contribution is 5.33. The van der Waals surface area contributed by atoms with Crippen molar-refractivity contribution in [2.45, 2.75) is 45.2 Å². The Morgan fingerprint density at radius 1 is 1.32 bits per heavy atom. The zero-order valence-electron chi connectivity index (χ0n) is 11.3. The van der Waals surface area contributed by atoms with Crippen LogP contribution in [0.1, 0.15) is 37.7 Å². The van der Waals surface area contributed by atoms with Gasteiger partial charge < -0.3 is 9.88 Å². The van der Waals surface area contributed by atoms with Crippen LogP contribution in [0.25, 0.3) is 5.69 Å². The summed E-state index contributed by atoms with van der Waals surface area (Å²) < 4.78 is 2.16. The van der Waals surface area contributed by atoms with Crippen LogP contribution in [-0.4, -0.2) is 20.6 Å². The molecule has 3 rings (SSSR count). The van der Waals surface area contributed by atoms with Crippen LogP contribution >= 0.6 is 0 Å². The molecule has 1 aliphatic carbocycles. The minimum Gasteiger partial charge on any atom is -0.308 e. The van der Waals surface area contributed by atoms with Gasteiger partial charge in [0.2, 0.25) is 0 Å². The molecule has 100 valence electrons. The van der Waals surface area contributed by atoms with Crippen molar-refractivity contribution in [3.8, 4) is 5.69 Å². The summed E-state index contributed by atoms with van der Waals surface area (Å²) in [5.74, 6) is 1.12. The minimum atomic E-state index is 0.717. The number of pyridine rings is 1. The lowest BCUT2D eigenvalue weighted by Crippen LogP contribution is -2.16. The van der Waals surface area contributed by atoms with Crippen molar-refractivity contribution in [1.29, 1.82) is 0 Å². The summed E-state index contributed by atoms with van der Waals surface area (Å²) in [5.41, 5.74) is 2.25. The lowest BCUT2D eigenvalue weighted by Gasteiger charge is -2.09. The van der Waals surface area contributed by atoms with Gasteiger partial charge >= 0.3 is 0 Å². The number of hydrogen-bond acceptors (Lipinski definition) is 3. The maximum Gasteiger partial charge on any atom is 0.113 e. The van der Waals surface area contributed by atoms with Gasteiger partial charge in [0, 0.05) is 37.6 Å². The van der Waals surface area contributed by atoms with E-state index in [4.69, 9.17) is 0 Å². The van der Waals surface area contributed by atoms with E-state index in [1.54, 1.807) is 0 Å². The Labute approximate surface area is 113 Å². The highest BCUT2D eigenvalue weighted by atomic mass is 15.1. The number of aryl methyl sites for hydroxylation is 1. The predicted molar refractivity (Wildman–Crippen MR) is 75.2 cm³/mol. The summed E-state index contributed by atoms with van der Waals surface area (Å²) in [4.78, 5) is 8.85. The van der Waals surface area contributed by atoms with Gasteiger partial charge in [0.1, 0.15) is 5.82 Å². The van der Waals surface area contributed by atoms with Gasteiger partial charge in [0.05, 0.1) is 11.4 Å². The molecule has 1 fully saturated rings. The van der Waals surface area contributed by atoms with E-state index in [0.29, 0.717) is 6.04 Å². The average molecular weight is 256 g/mol. The minimum absolute atomic E-state index is 0.717. The molecule has 4 nitrogen and oxygen atoms in total. The largest absolute Gasteiger partial charge is 0.308 e. The summed E-state index contributed by atoms with van der Waals surface area (Å²) in [7, 11) is 0. The van der Waals surface area contributed by atoms with Crippen molar-refractivity contribution in [1.82, 2.24) is 19.9 Å². The topological polar surface area (TPSA) is 42.7 Å². The van der Waals surface area contributed by atoms with E-state index < -0.39 is 0 Å². The second-order valence-electron chi connectivity index (χ2n) is 5.12. The van der Waals surface area contributed by atoms with Crippen molar-refractivity contribution >= 4 is 0 Å². The Kier molecular flexibility index (Phi) is 3.60. The standard InChI is InChI=1S/C15H20N4/c1-2-3-15-17-8-9-19(15)14-6-7-16-13(10-14)11-18-12-4-5-12/h6-10,12,18H,2-5,11H2,1H3. The predicted octanol–water partition coefficient (Wildman–Crippen LogP) is 2.47. The SMILES string of the molecule is CCCc1nccn1-c1ccnc(CNC2CC2)c1. The number of aromatic nitrogens is 3. The van der Waals surface area contributed by atoms with Gasteiger partial charge in [-0.15, -0.1) is 0 Å². The number of rotatable bonds is 6. The first-order chi connectivity index (χ1) is 9.36. The molecule has 0 aromatic carbocycles. The number of nitrogens with one attached hydrogen (secondary N) is 1. The first-order valence-corrected chi connectivity index (χ1v) is 7.07. The fraction of sp³-hybridized carbons (Fsp3) is 0.467. The van der Waals surface area contributed by atoms with Crippen LogP contribution in [0.15, 0.2) is 30.7 Å². The molecule has 2 aromatic rings. The molecule has 0 radical (unpaired) electrons. The van der Waals surface area contributed by atoms with E-state index in [2.05, 4.69) is 32.8 Å². The molecule has 0 amide bonds. The lowest BCUT2D eigenvalue weighted by atomic mass is 10.2. The quantitative estimate of drug-likeness (QED) is 0.863. The molecule has 2 heterocycles. The van der Waals surface area contributed by atoms with E-state index in [9.17, 15) is 0 Å². The third-order valence-electron chi connectivity index (χ3n) is 3.42. The zero-order valence-corrected chi connectivity index (χ0v) is 11.3. The van der Waals surface area contributed by atoms with Gasteiger partial charge in [0.15, 0.2) is 0 Å². The van der Waals surface area contributed by atoms with Gasteiger partial charge in [-0.2, -0.15) is 0 Å². The highest BCUT2D eigenvalue weighted by Gasteiger charge is 2.20. The molecule has 0 spiro atoms. The van der Waals surface area contributed by atoms with Crippen LogP contribution in [0, 0.1) is 0 Å². The summed E-state index contributed by atoms with van der Waals surface area (Å²) in [6.45, 7) is 3.03. The van der Waals surface area contributed by atoms with Crippen molar-refractivity contribution in [2.75, 3.05) is 0 Å². The zero-order chi connectivity index (χ0) is 13.1. The number of imidazole rings is 1. The van der Waals surface area contributed by atoms with Crippen LogP contribution in [0.2, 0.25) is 0 Å². The third kappa shape index (κ3) is 3.01. The van der Waals surface area contributed by atoms with E-state index in [-0.39, 0.29) is 0 Å². The molecule has 1 N–H and O–H groups in total. The average Bonchev–Trinajstić information content (AvgIpc) is 3.15. The normalized spacial score (nSPS) is 14.8. The molecule has 0 unspecified atom stereocenters. The van der Waals surface area contributed by atoms with E-state index in [1.165, 1.54) is 12.8 Å². The molecule has 1 aliphatic rings. The third-order valence-corrected chi connectivity index (χ3v) is 3.42. The molecule has 4 heteroatoms. The Hall–Kier alpha value is -1.68. The maximum atomic E-state index is 4.43. The maximum absolute atomic E-state index is 4.43. The molecule has 19 heavy (non-hydrogen) atoms. The summed E-state index contributed by atoms with van der Waals surface area (Å²) >= 11 is 0. The van der Waals surface area contributed by atoms with Crippen LogP contribution in [0.5, 0.6) is 0 Å². The Morgan fingerprint density at radius 3 is 3.00 bits per heavy atom. The number of hydrogen-bond donors (Lipinski definition) is 1. The van der Waals surface area contributed by atoms with Crippen molar-refractivity contribution < 1.29 is 0 Å². The number of nitrogens with zero attached hydrogens (tertiary/aromatic N) is 3. The van der Waals surface area contributed by atoms with Crippen LogP contribution in [-0.2, 0) is 13.0 Å². The van der Waals surface area contributed by atoms with E-state index in [0.717, 1.165) is 36.6 Å². The lowest BCUT2D eigenvalue weighted by molar-refractivity contribution is 0.673. The summed E-state index contributed by atoms with van der Waals surface area (Å²) in [6, 6.07) is 4.91. The summed E-state index contributed by atoms with van der Waals surface area (Å²) in [5, 5.41) is 3.50. The molecule has 1 saturated carbocycles. The second kappa shape index (κ2) is 5.53. The summed E-state index contributed by atoms with van der Waals surface area (Å²) in [6.07, 6.45) is 10.5. The Balaban J connectivity index is 1.78. The first kappa shape index (κ1) is 12.4. The molecular weight excluding hydrogens is 236 g/mol. The monoisotopic (exact) mass is 256 g/mol. The van der Waals surface area contributed by atoms with Gasteiger partial charge in [-0.3, -0.25) is 4.98 Å². The molecular formula is C15H20N4. The molecule has 0 bridgehead atoms. The smallest absolute Gasteiger partial charge is 0.113 e. The van der Waals surface area contributed by atoms with Crippen LogP contribution in [0.4, 0.5) is 0 Å². The fourth-order valence-electron chi connectivity index (χ4n) is 2.23. The van der Waals surface area contributed by atoms with Gasteiger partial charge in [-0.05, 0) is 31.4 Å².